The summed E-state index contributed by atoms with van der Waals surface area (Å²) in [6.45, 7) is 4.48. The lowest BCUT2D eigenvalue weighted by atomic mass is 9.95. The Labute approximate surface area is 107 Å². The first-order chi connectivity index (χ1) is 8.63. The minimum absolute atomic E-state index is 0.165. The molecule has 4 rings (SSSR count). The van der Waals surface area contributed by atoms with Crippen molar-refractivity contribution in [1.29, 1.82) is 0 Å². The maximum Gasteiger partial charge on any atom is 0.227 e. The number of likely N-dealkylation sites (N-methyl/N-ethyl adjacent to an activating group) is 1. The number of carbonyl (C=O) groups excluding carboxylic acids is 1. The quantitative estimate of drug-likeness (QED) is 0.785. The van der Waals surface area contributed by atoms with Gasteiger partial charge in [0.05, 0.1) is 18.2 Å². The van der Waals surface area contributed by atoms with E-state index in [1.165, 1.54) is 0 Å². The van der Waals surface area contributed by atoms with E-state index in [0.29, 0.717) is 11.9 Å². The molecule has 5 heteroatoms. The van der Waals surface area contributed by atoms with Crippen molar-refractivity contribution in [3.05, 3.63) is 17.5 Å². The summed E-state index contributed by atoms with van der Waals surface area (Å²) in [4.78, 5) is 16.3. The Bertz CT molecular complexity index is 457. The molecule has 3 fully saturated rings. The van der Waals surface area contributed by atoms with Crippen molar-refractivity contribution in [2.45, 2.75) is 32.4 Å². The highest BCUT2D eigenvalue weighted by molar-refractivity contribution is 5.80. The van der Waals surface area contributed by atoms with Gasteiger partial charge in [-0.05, 0) is 19.8 Å². The molecule has 2 bridgehead atoms. The molecule has 1 aromatic rings. The van der Waals surface area contributed by atoms with E-state index < -0.39 is 0 Å². The first-order valence-corrected chi connectivity index (χ1v) is 6.54. The molecule has 3 saturated heterocycles. The lowest BCUT2D eigenvalue weighted by Crippen LogP contribution is -2.45. The number of hydrogen-bond acceptors (Lipinski definition) is 4. The molecule has 5 nitrogen and oxygen atoms in total. The van der Waals surface area contributed by atoms with Crippen LogP contribution in [0.2, 0.25) is 0 Å². The summed E-state index contributed by atoms with van der Waals surface area (Å²) >= 11 is 0. The fourth-order valence-corrected chi connectivity index (χ4v) is 3.09. The fourth-order valence-electron chi connectivity index (χ4n) is 3.09. The highest BCUT2D eigenvalue weighted by Crippen LogP contribution is 2.28. The lowest BCUT2D eigenvalue weighted by Gasteiger charge is -2.32. The van der Waals surface area contributed by atoms with Gasteiger partial charge < -0.3 is 9.42 Å². The molecule has 0 unspecified atom stereocenters. The zero-order valence-electron chi connectivity index (χ0n) is 10.9. The Morgan fingerprint density at radius 3 is 3.00 bits per heavy atom. The number of rotatable bonds is 2. The van der Waals surface area contributed by atoms with Crippen LogP contribution >= 0.6 is 0 Å². The molecule has 0 N–H and O–H groups in total. The average molecular weight is 249 g/mol. The number of piperidine rings is 1. The van der Waals surface area contributed by atoms with E-state index in [9.17, 15) is 4.79 Å². The van der Waals surface area contributed by atoms with E-state index in [0.717, 1.165) is 43.9 Å². The second kappa shape index (κ2) is 4.39. The van der Waals surface area contributed by atoms with Crippen LogP contribution in [0.25, 0.3) is 0 Å². The minimum Gasteiger partial charge on any atom is -0.360 e. The smallest absolute Gasteiger partial charge is 0.227 e. The molecule has 18 heavy (non-hydrogen) atoms. The first-order valence-electron chi connectivity index (χ1n) is 6.54. The number of aromatic nitrogens is 1. The molecule has 2 atom stereocenters. The SMILES string of the molecule is Cc1cc(CN2C[C@H]3CC[C@@H](C2)N(C)C3=O)on1. The standard InChI is InChI=1S/C13H19N3O2/c1-9-5-12(18-14-9)8-16-6-10-3-4-11(7-16)15(2)13(10)17/h5,10-11H,3-4,6-8H2,1-2H3/t10-,11+/m1/s1. The van der Waals surface area contributed by atoms with E-state index in [1.54, 1.807) is 0 Å². The van der Waals surface area contributed by atoms with Gasteiger partial charge in [-0.15, -0.1) is 0 Å². The van der Waals surface area contributed by atoms with Crippen LogP contribution in [0.1, 0.15) is 24.3 Å². The van der Waals surface area contributed by atoms with Gasteiger partial charge in [0.15, 0.2) is 5.76 Å². The molecular weight excluding hydrogens is 230 g/mol. The minimum atomic E-state index is 0.165. The van der Waals surface area contributed by atoms with Gasteiger partial charge in [0.1, 0.15) is 0 Å². The fraction of sp³-hybridized carbons (Fsp3) is 0.692. The second-order valence-electron chi connectivity index (χ2n) is 5.51. The molecule has 0 aromatic carbocycles. The van der Waals surface area contributed by atoms with Gasteiger partial charge in [0.25, 0.3) is 0 Å². The number of amides is 1. The summed E-state index contributed by atoms with van der Waals surface area (Å²) in [6.07, 6.45) is 2.15. The molecule has 98 valence electrons. The molecule has 0 saturated carbocycles. The normalized spacial score (nSPS) is 28.8. The first kappa shape index (κ1) is 11.7. The third kappa shape index (κ3) is 2.03. The molecule has 3 aliphatic heterocycles. The molecule has 4 heterocycles. The van der Waals surface area contributed by atoms with Gasteiger partial charge in [0, 0.05) is 32.2 Å². The predicted molar refractivity (Wildman–Crippen MR) is 65.8 cm³/mol. The summed E-state index contributed by atoms with van der Waals surface area (Å²) in [6, 6.07) is 2.33. The molecule has 1 aromatic heterocycles. The van der Waals surface area contributed by atoms with Crippen molar-refractivity contribution in [2.75, 3.05) is 20.1 Å². The molecule has 1 amide bonds. The predicted octanol–water partition coefficient (Wildman–Crippen LogP) is 1.04. The van der Waals surface area contributed by atoms with Crippen LogP contribution in [0, 0.1) is 12.8 Å². The largest absolute Gasteiger partial charge is 0.360 e. The zero-order valence-corrected chi connectivity index (χ0v) is 10.9. The number of aryl methyl sites for hydroxylation is 1. The van der Waals surface area contributed by atoms with Crippen molar-refractivity contribution in [1.82, 2.24) is 15.0 Å². The zero-order chi connectivity index (χ0) is 12.7. The average Bonchev–Trinajstić information content (AvgIpc) is 2.59. The Balaban J connectivity index is 1.73. The number of hydrogen-bond donors (Lipinski definition) is 0. The van der Waals surface area contributed by atoms with E-state index >= 15 is 0 Å². The van der Waals surface area contributed by atoms with Crippen LogP contribution in [0.3, 0.4) is 0 Å². The van der Waals surface area contributed by atoms with E-state index in [1.807, 2.05) is 24.9 Å². The summed E-state index contributed by atoms with van der Waals surface area (Å²) in [5.74, 6) is 1.36. The van der Waals surface area contributed by atoms with Crippen LogP contribution < -0.4 is 0 Å². The summed E-state index contributed by atoms with van der Waals surface area (Å²) in [5.41, 5.74) is 0.913. The third-order valence-electron chi connectivity index (χ3n) is 4.10. The molecule has 0 spiro atoms. The summed E-state index contributed by atoms with van der Waals surface area (Å²) < 4.78 is 5.26. The van der Waals surface area contributed by atoms with Crippen LogP contribution in [-0.2, 0) is 11.3 Å². The number of carbonyl (C=O) groups is 1. The summed E-state index contributed by atoms with van der Waals surface area (Å²) in [5, 5.41) is 3.91. The maximum atomic E-state index is 12.1. The topological polar surface area (TPSA) is 49.6 Å². The van der Waals surface area contributed by atoms with Crippen molar-refractivity contribution in [3.8, 4) is 0 Å². The van der Waals surface area contributed by atoms with Crippen molar-refractivity contribution in [2.24, 2.45) is 5.92 Å². The van der Waals surface area contributed by atoms with Crippen LogP contribution in [-0.4, -0.2) is 47.0 Å². The second-order valence-corrected chi connectivity index (χ2v) is 5.51. The third-order valence-corrected chi connectivity index (χ3v) is 4.10. The van der Waals surface area contributed by atoms with Gasteiger partial charge in [-0.3, -0.25) is 9.69 Å². The Morgan fingerprint density at radius 1 is 1.44 bits per heavy atom. The monoisotopic (exact) mass is 249 g/mol. The highest BCUT2D eigenvalue weighted by Gasteiger charge is 2.38. The van der Waals surface area contributed by atoms with Crippen LogP contribution in [0.4, 0.5) is 0 Å². The lowest BCUT2D eigenvalue weighted by molar-refractivity contribution is -0.138. The van der Waals surface area contributed by atoms with Crippen molar-refractivity contribution >= 4 is 5.91 Å². The maximum absolute atomic E-state index is 12.1. The van der Waals surface area contributed by atoms with Crippen molar-refractivity contribution in [3.63, 3.8) is 0 Å². The van der Waals surface area contributed by atoms with E-state index in [4.69, 9.17) is 4.52 Å². The van der Waals surface area contributed by atoms with Gasteiger partial charge in [0.2, 0.25) is 5.91 Å². The number of nitrogens with zero attached hydrogens (tertiary/aromatic N) is 3. The molecular formula is C13H19N3O2. The highest BCUT2D eigenvalue weighted by atomic mass is 16.5. The number of fused-ring (bicyclic) bond motifs is 4. The summed E-state index contributed by atoms with van der Waals surface area (Å²) in [7, 11) is 1.93. The van der Waals surface area contributed by atoms with Crippen molar-refractivity contribution < 1.29 is 9.32 Å². The van der Waals surface area contributed by atoms with E-state index in [-0.39, 0.29) is 5.92 Å². The van der Waals surface area contributed by atoms with Gasteiger partial charge in [-0.1, -0.05) is 5.16 Å². The van der Waals surface area contributed by atoms with Gasteiger partial charge >= 0.3 is 0 Å². The van der Waals surface area contributed by atoms with Gasteiger partial charge in [-0.2, -0.15) is 0 Å². The van der Waals surface area contributed by atoms with Crippen LogP contribution in [0.15, 0.2) is 10.6 Å². The molecule has 3 aliphatic rings. The Hall–Kier alpha value is -1.36. The van der Waals surface area contributed by atoms with Gasteiger partial charge in [-0.25, -0.2) is 0 Å². The molecule has 0 aliphatic carbocycles. The van der Waals surface area contributed by atoms with E-state index in [2.05, 4.69) is 10.1 Å². The molecule has 0 radical (unpaired) electrons. The Kier molecular flexibility index (Phi) is 2.86. The van der Waals surface area contributed by atoms with Crippen LogP contribution in [0.5, 0.6) is 0 Å². The Morgan fingerprint density at radius 2 is 2.28 bits per heavy atom.